The SMILES string of the molecule is S=C(NCc1cccnc1)NN=Cc1ccc(-c2ccc(Cl)cc2)o1. The van der Waals surface area contributed by atoms with Gasteiger partial charge in [-0.25, -0.2) is 0 Å². The number of nitrogens with one attached hydrogen (secondary N) is 2. The van der Waals surface area contributed by atoms with Crippen LogP contribution in [0.15, 0.2) is 70.4 Å². The molecule has 0 aliphatic carbocycles. The third-order valence-corrected chi connectivity index (χ3v) is 3.78. The second-order valence-electron chi connectivity index (χ2n) is 5.12. The lowest BCUT2D eigenvalue weighted by Crippen LogP contribution is -2.31. The van der Waals surface area contributed by atoms with Crippen molar-refractivity contribution < 1.29 is 4.42 Å². The standard InChI is InChI=1S/C18H15ClN4OS/c19-15-5-3-14(4-6-15)17-8-7-16(24-17)12-22-23-18(25)21-11-13-2-1-9-20-10-13/h1-10,12H,11H2,(H2,21,23,25). The average molecular weight is 371 g/mol. The van der Waals surface area contributed by atoms with Crippen LogP contribution < -0.4 is 10.7 Å². The van der Waals surface area contributed by atoms with Crippen molar-refractivity contribution in [2.75, 3.05) is 0 Å². The molecule has 0 saturated carbocycles. The van der Waals surface area contributed by atoms with Gasteiger partial charge in [0.05, 0.1) is 6.21 Å². The molecule has 1 aromatic carbocycles. The van der Waals surface area contributed by atoms with E-state index >= 15 is 0 Å². The molecule has 2 aromatic heterocycles. The van der Waals surface area contributed by atoms with Crippen LogP contribution in [0.25, 0.3) is 11.3 Å². The highest BCUT2D eigenvalue weighted by atomic mass is 35.5. The van der Waals surface area contributed by atoms with Crippen molar-refractivity contribution in [2.45, 2.75) is 6.54 Å². The van der Waals surface area contributed by atoms with E-state index in [2.05, 4.69) is 20.8 Å². The molecule has 0 amide bonds. The van der Waals surface area contributed by atoms with Crippen molar-refractivity contribution in [3.05, 3.63) is 77.3 Å². The van der Waals surface area contributed by atoms with Gasteiger partial charge in [0.1, 0.15) is 11.5 Å². The molecular formula is C18H15ClN4OS. The molecule has 0 unspecified atom stereocenters. The van der Waals surface area contributed by atoms with Crippen LogP contribution >= 0.6 is 23.8 Å². The molecule has 2 N–H and O–H groups in total. The summed E-state index contributed by atoms with van der Waals surface area (Å²) < 4.78 is 5.72. The summed E-state index contributed by atoms with van der Waals surface area (Å²) in [7, 11) is 0. The minimum Gasteiger partial charge on any atom is -0.455 e. The van der Waals surface area contributed by atoms with E-state index in [1.54, 1.807) is 18.6 Å². The van der Waals surface area contributed by atoms with E-state index in [9.17, 15) is 0 Å². The van der Waals surface area contributed by atoms with E-state index in [-0.39, 0.29) is 0 Å². The summed E-state index contributed by atoms with van der Waals surface area (Å²) >= 11 is 11.0. The maximum Gasteiger partial charge on any atom is 0.187 e. The molecule has 126 valence electrons. The first-order valence-corrected chi connectivity index (χ1v) is 8.31. The molecule has 0 bridgehead atoms. The number of rotatable bonds is 5. The predicted molar refractivity (Wildman–Crippen MR) is 104 cm³/mol. The van der Waals surface area contributed by atoms with Crippen molar-refractivity contribution in [3.8, 4) is 11.3 Å². The van der Waals surface area contributed by atoms with Gasteiger partial charge in [-0.3, -0.25) is 10.4 Å². The minimum absolute atomic E-state index is 0.421. The zero-order valence-electron chi connectivity index (χ0n) is 13.1. The molecule has 0 radical (unpaired) electrons. The molecule has 0 saturated heterocycles. The zero-order chi connectivity index (χ0) is 17.5. The number of benzene rings is 1. The van der Waals surface area contributed by atoms with E-state index < -0.39 is 0 Å². The number of hydrogen-bond donors (Lipinski definition) is 2. The Kier molecular flexibility index (Phi) is 5.77. The Labute approximate surface area is 155 Å². The van der Waals surface area contributed by atoms with Crippen molar-refractivity contribution >= 4 is 35.1 Å². The highest BCUT2D eigenvalue weighted by molar-refractivity contribution is 7.80. The second-order valence-corrected chi connectivity index (χ2v) is 5.97. The third kappa shape index (κ3) is 5.14. The van der Waals surface area contributed by atoms with E-state index in [4.69, 9.17) is 28.2 Å². The molecule has 0 aliphatic heterocycles. The molecule has 0 spiro atoms. The summed E-state index contributed by atoms with van der Waals surface area (Å²) in [4.78, 5) is 4.04. The summed E-state index contributed by atoms with van der Waals surface area (Å²) in [5, 5.41) is 8.22. The highest BCUT2D eigenvalue weighted by Crippen LogP contribution is 2.23. The monoisotopic (exact) mass is 370 g/mol. The first-order chi connectivity index (χ1) is 12.2. The van der Waals surface area contributed by atoms with Gasteiger partial charge in [-0.05, 0) is 60.2 Å². The molecule has 25 heavy (non-hydrogen) atoms. The molecule has 3 rings (SSSR count). The van der Waals surface area contributed by atoms with Gasteiger partial charge in [0.25, 0.3) is 0 Å². The van der Waals surface area contributed by atoms with Gasteiger partial charge >= 0.3 is 0 Å². The third-order valence-electron chi connectivity index (χ3n) is 3.29. The van der Waals surface area contributed by atoms with Gasteiger partial charge in [0.15, 0.2) is 5.11 Å². The number of pyridine rings is 1. The zero-order valence-corrected chi connectivity index (χ0v) is 14.7. The van der Waals surface area contributed by atoms with Gasteiger partial charge in [-0.2, -0.15) is 5.10 Å². The van der Waals surface area contributed by atoms with Gasteiger partial charge in [-0.15, -0.1) is 0 Å². The van der Waals surface area contributed by atoms with Crippen LogP contribution in [0.5, 0.6) is 0 Å². The Morgan fingerprint density at radius 1 is 1.20 bits per heavy atom. The summed E-state index contributed by atoms with van der Waals surface area (Å²) in [5.74, 6) is 1.36. The second kappa shape index (κ2) is 8.41. The van der Waals surface area contributed by atoms with E-state index in [0.29, 0.717) is 22.4 Å². The lowest BCUT2D eigenvalue weighted by atomic mass is 10.2. The highest BCUT2D eigenvalue weighted by Gasteiger charge is 2.03. The predicted octanol–water partition coefficient (Wildman–Crippen LogP) is 3.99. The van der Waals surface area contributed by atoms with E-state index in [1.807, 2.05) is 48.5 Å². The molecule has 2 heterocycles. The molecule has 3 aromatic rings. The minimum atomic E-state index is 0.421. The van der Waals surface area contributed by atoms with Crippen LogP contribution in [-0.4, -0.2) is 16.3 Å². The Hall–Kier alpha value is -2.70. The number of hydrogen-bond acceptors (Lipinski definition) is 4. The summed E-state index contributed by atoms with van der Waals surface area (Å²) in [6.07, 6.45) is 5.07. The maximum absolute atomic E-state index is 5.89. The number of aromatic nitrogens is 1. The topological polar surface area (TPSA) is 62.5 Å². The van der Waals surface area contributed by atoms with Crippen LogP contribution in [0.2, 0.25) is 5.02 Å². The molecule has 0 fully saturated rings. The Bertz CT molecular complexity index is 862. The fourth-order valence-corrected chi connectivity index (χ4v) is 2.32. The summed E-state index contributed by atoms with van der Waals surface area (Å²) in [6, 6.07) is 15.0. The molecular weight excluding hydrogens is 356 g/mol. The maximum atomic E-state index is 5.89. The first kappa shape index (κ1) is 17.1. The first-order valence-electron chi connectivity index (χ1n) is 7.52. The van der Waals surface area contributed by atoms with E-state index in [1.165, 1.54) is 0 Å². The van der Waals surface area contributed by atoms with Gasteiger partial charge in [-0.1, -0.05) is 17.7 Å². The summed E-state index contributed by atoms with van der Waals surface area (Å²) in [6.45, 7) is 0.580. The summed E-state index contributed by atoms with van der Waals surface area (Å²) in [5.41, 5.74) is 4.74. The quantitative estimate of drug-likeness (QED) is 0.404. The van der Waals surface area contributed by atoms with Crippen molar-refractivity contribution in [1.29, 1.82) is 0 Å². The average Bonchev–Trinajstić information content (AvgIpc) is 3.10. The Morgan fingerprint density at radius 3 is 2.80 bits per heavy atom. The number of furan rings is 1. The van der Waals surface area contributed by atoms with Crippen molar-refractivity contribution in [3.63, 3.8) is 0 Å². The Balaban J connectivity index is 1.50. The van der Waals surface area contributed by atoms with Crippen LogP contribution in [-0.2, 0) is 6.54 Å². The lowest BCUT2D eigenvalue weighted by molar-refractivity contribution is 0.574. The van der Waals surface area contributed by atoms with E-state index in [0.717, 1.165) is 16.9 Å². The number of nitrogens with zero attached hydrogens (tertiary/aromatic N) is 2. The number of thiocarbonyl (C=S) groups is 1. The normalized spacial score (nSPS) is 10.8. The smallest absolute Gasteiger partial charge is 0.187 e. The molecule has 0 atom stereocenters. The molecule has 5 nitrogen and oxygen atoms in total. The van der Waals surface area contributed by atoms with Crippen molar-refractivity contribution in [2.24, 2.45) is 5.10 Å². The van der Waals surface area contributed by atoms with Crippen LogP contribution in [0.4, 0.5) is 0 Å². The lowest BCUT2D eigenvalue weighted by Gasteiger charge is -2.06. The van der Waals surface area contributed by atoms with Crippen molar-refractivity contribution in [1.82, 2.24) is 15.7 Å². The van der Waals surface area contributed by atoms with Crippen LogP contribution in [0.1, 0.15) is 11.3 Å². The van der Waals surface area contributed by atoms with Gasteiger partial charge in [0.2, 0.25) is 0 Å². The van der Waals surface area contributed by atoms with Gasteiger partial charge in [0, 0.05) is 29.5 Å². The Morgan fingerprint density at radius 2 is 2.04 bits per heavy atom. The largest absolute Gasteiger partial charge is 0.455 e. The number of halogens is 1. The van der Waals surface area contributed by atoms with Gasteiger partial charge < -0.3 is 9.73 Å². The fraction of sp³-hybridized carbons (Fsp3) is 0.0556. The molecule has 0 aliphatic rings. The van der Waals surface area contributed by atoms with Crippen LogP contribution in [0, 0.1) is 0 Å². The number of hydrazone groups is 1. The fourth-order valence-electron chi connectivity index (χ4n) is 2.07. The molecule has 7 heteroatoms. The van der Waals surface area contributed by atoms with Crippen LogP contribution in [0.3, 0.4) is 0 Å².